The maximum Gasteiger partial charge on any atom is 0.350 e. The van der Waals surface area contributed by atoms with E-state index < -0.39 is 8.32 Å². The molecule has 2 saturated carbocycles. The number of ether oxygens (including phenoxy) is 1. The molecule has 0 radical (unpaired) electrons. The largest absolute Gasteiger partial charge is 0.462 e. The number of hydrogen-bond acceptors (Lipinski definition) is 5. The second kappa shape index (κ2) is 12.9. The monoisotopic (exact) mass is 583 g/mol. The van der Waals surface area contributed by atoms with Gasteiger partial charge in [0.2, 0.25) is 5.91 Å². The highest BCUT2D eigenvalue weighted by atomic mass is 32.1. The van der Waals surface area contributed by atoms with Crippen molar-refractivity contribution in [2.24, 2.45) is 11.8 Å². The smallest absolute Gasteiger partial charge is 0.350 e. The van der Waals surface area contributed by atoms with Gasteiger partial charge in [-0.05, 0) is 94.0 Å². The van der Waals surface area contributed by atoms with Crippen molar-refractivity contribution in [3.8, 4) is 10.4 Å². The van der Waals surface area contributed by atoms with Gasteiger partial charge in [-0.3, -0.25) is 4.79 Å². The first-order chi connectivity index (χ1) is 18.9. The molecule has 0 N–H and O–H groups in total. The molecule has 1 aromatic carbocycles. The first-order valence-corrected chi connectivity index (χ1v) is 19.0. The minimum atomic E-state index is -1.87. The first-order valence-electron chi connectivity index (χ1n) is 15.3. The summed E-state index contributed by atoms with van der Waals surface area (Å²) in [4.78, 5) is 31.2. The van der Waals surface area contributed by atoms with Crippen LogP contribution in [0.25, 0.3) is 10.4 Å². The molecule has 1 aromatic heterocycles. The average Bonchev–Trinajstić information content (AvgIpc) is 3.35. The lowest BCUT2D eigenvalue weighted by Crippen LogP contribution is -2.49. The van der Waals surface area contributed by atoms with Crippen LogP contribution in [0.3, 0.4) is 0 Å². The molecule has 2 aliphatic carbocycles. The Morgan fingerprint density at radius 2 is 1.60 bits per heavy atom. The summed E-state index contributed by atoms with van der Waals surface area (Å²) in [5.41, 5.74) is 1.79. The SMILES string of the molecule is CCOC(=O)c1sc(-c2ccccc2)cc1N(C(=O)[C@H]1CC[C@H](C)CC1)[C@H]1CC[C@@H](O[Si](C)(C)C(C)(C)C)CC1. The summed E-state index contributed by atoms with van der Waals surface area (Å²) in [5.74, 6) is 0.521. The Morgan fingerprint density at radius 1 is 0.975 bits per heavy atom. The van der Waals surface area contributed by atoms with Gasteiger partial charge in [0.1, 0.15) is 4.88 Å². The molecule has 0 spiro atoms. The van der Waals surface area contributed by atoms with E-state index in [9.17, 15) is 9.59 Å². The van der Waals surface area contributed by atoms with Gasteiger partial charge in [-0.2, -0.15) is 0 Å². The maximum absolute atomic E-state index is 14.4. The van der Waals surface area contributed by atoms with Gasteiger partial charge in [0.05, 0.1) is 12.3 Å². The molecule has 1 heterocycles. The van der Waals surface area contributed by atoms with E-state index in [0.717, 1.165) is 67.5 Å². The van der Waals surface area contributed by atoms with Crippen LogP contribution in [0.15, 0.2) is 36.4 Å². The molecule has 2 aliphatic rings. The van der Waals surface area contributed by atoms with Crippen LogP contribution in [0.4, 0.5) is 5.69 Å². The Kier molecular flexibility index (Phi) is 10.0. The highest BCUT2D eigenvalue weighted by Crippen LogP contribution is 2.43. The third-order valence-corrected chi connectivity index (χ3v) is 15.1. The van der Waals surface area contributed by atoms with Crippen LogP contribution >= 0.6 is 11.3 Å². The van der Waals surface area contributed by atoms with Crippen LogP contribution in [0, 0.1) is 11.8 Å². The third kappa shape index (κ3) is 7.08. The van der Waals surface area contributed by atoms with Crippen LogP contribution in [-0.4, -0.2) is 38.9 Å². The van der Waals surface area contributed by atoms with Gasteiger partial charge in [0.15, 0.2) is 8.32 Å². The fourth-order valence-corrected chi connectivity index (χ4v) is 8.33. The zero-order chi connectivity index (χ0) is 29.1. The predicted octanol–water partition coefficient (Wildman–Crippen LogP) is 9.08. The molecule has 2 aromatic rings. The van der Waals surface area contributed by atoms with Gasteiger partial charge in [0, 0.05) is 22.9 Å². The van der Waals surface area contributed by atoms with E-state index in [4.69, 9.17) is 9.16 Å². The van der Waals surface area contributed by atoms with Crippen molar-refractivity contribution in [1.29, 1.82) is 0 Å². The quantitative estimate of drug-likeness (QED) is 0.230. The molecule has 220 valence electrons. The number of esters is 1. The summed E-state index contributed by atoms with van der Waals surface area (Å²) in [5, 5.41) is 0.170. The Bertz CT molecular complexity index is 1140. The zero-order valence-corrected chi connectivity index (χ0v) is 27.4. The summed E-state index contributed by atoms with van der Waals surface area (Å²) in [6.07, 6.45) is 7.88. The molecule has 1 amide bonds. The molecule has 5 nitrogen and oxygen atoms in total. The van der Waals surface area contributed by atoms with Gasteiger partial charge < -0.3 is 14.1 Å². The van der Waals surface area contributed by atoms with E-state index in [1.165, 1.54) is 11.3 Å². The third-order valence-electron chi connectivity index (χ3n) is 9.37. The maximum atomic E-state index is 14.4. The molecule has 2 fully saturated rings. The number of rotatable bonds is 8. The van der Waals surface area contributed by atoms with E-state index in [1.807, 2.05) is 30.0 Å². The fraction of sp³-hybridized carbons (Fsp3) is 0.636. The number of hydrogen-bond donors (Lipinski definition) is 0. The van der Waals surface area contributed by atoms with Crippen molar-refractivity contribution >= 4 is 37.2 Å². The molecule has 0 atom stereocenters. The van der Waals surface area contributed by atoms with Gasteiger partial charge in [-0.15, -0.1) is 11.3 Å². The molecule has 0 aliphatic heterocycles. The molecule has 0 saturated heterocycles. The summed E-state index contributed by atoms with van der Waals surface area (Å²) in [6.45, 7) is 15.9. The number of carbonyl (C=O) groups is 2. The predicted molar refractivity (Wildman–Crippen MR) is 169 cm³/mol. The van der Waals surface area contributed by atoms with E-state index in [1.54, 1.807) is 0 Å². The van der Waals surface area contributed by atoms with Crippen LogP contribution in [0.2, 0.25) is 18.1 Å². The molecular formula is C33H49NO4SSi. The van der Waals surface area contributed by atoms with Crippen molar-refractivity contribution in [3.63, 3.8) is 0 Å². The van der Waals surface area contributed by atoms with Crippen LogP contribution < -0.4 is 4.90 Å². The Balaban J connectivity index is 1.67. The van der Waals surface area contributed by atoms with Crippen molar-refractivity contribution in [3.05, 3.63) is 41.3 Å². The highest BCUT2D eigenvalue weighted by Gasteiger charge is 2.42. The van der Waals surface area contributed by atoms with E-state index in [2.05, 4.69) is 59.0 Å². The lowest BCUT2D eigenvalue weighted by molar-refractivity contribution is -0.124. The van der Waals surface area contributed by atoms with Crippen molar-refractivity contribution in [2.45, 2.75) is 116 Å². The number of thiophene rings is 1. The van der Waals surface area contributed by atoms with Crippen molar-refractivity contribution < 1.29 is 18.8 Å². The van der Waals surface area contributed by atoms with E-state index >= 15 is 0 Å². The van der Waals surface area contributed by atoms with Gasteiger partial charge in [0.25, 0.3) is 0 Å². The summed E-state index contributed by atoms with van der Waals surface area (Å²) < 4.78 is 12.3. The minimum absolute atomic E-state index is 0.00697. The zero-order valence-electron chi connectivity index (χ0n) is 25.6. The van der Waals surface area contributed by atoms with E-state index in [-0.39, 0.29) is 35.0 Å². The van der Waals surface area contributed by atoms with Crippen LogP contribution in [0.5, 0.6) is 0 Å². The first kappa shape index (κ1) is 31.0. The average molecular weight is 584 g/mol. The topological polar surface area (TPSA) is 55.8 Å². The van der Waals surface area contributed by atoms with Gasteiger partial charge in [-0.1, -0.05) is 58.0 Å². The molecule has 0 unspecified atom stereocenters. The van der Waals surface area contributed by atoms with Crippen molar-refractivity contribution in [2.75, 3.05) is 11.5 Å². The number of anilines is 1. The number of carbonyl (C=O) groups excluding carboxylic acids is 2. The standard InChI is InChI=1S/C33H49NO4SSi/c1-8-37-32(36)30-28(22-29(39-30)24-12-10-9-11-13-24)34(31(35)25-16-14-23(2)15-17-25)26-18-20-27(21-19-26)38-40(6,7)33(3,4)5/h9-13,22-23,25-27H,8,14-21H2,1-7H3/t23-,25-,26-,27+. The second-order valence-electron chi connectivity index (χ2n) is 13.4. The summed E-state index contributed by atoms with van der Waals surface area (Å²) >= 11 is 1.44. The highest BCUT2D eigenvalue weighted by molar-refractivity contribution is 7.18. The van der Waals surface area contributed by atoms with E-state index in [0.29, 0.717) is 17.4 Å². The molecular weight excluding hydrogens is 535 g/mol. The number of amides is 1. The number of nitrogens with zero attached hydrogens (tertiary/aromatic N) is 1. The number of benzene rings is 1. The fourth-order valence-electron chi connectivity index (χ4n) is 5.86. The normalized spacial score (nSPS) is 24.0. The van der Waals surface area contributed by atoms with Gasteiger partial charge >= 0.3 is 5.97 Å². The Hall–Kier alpha value is -1.96. The van der Waals surface area contributed by atoms with Gasteiger partial charge in [-0.25, -0.2) is 4.79 Å². The molecule has 0 bridgehead atoms. The molecule has 7 heteroatoms. The van der Waals surface area contributed by atoms with Crippen LogP contribution in [-0.2, 0) is 14.0 Å². The second-order valence-corrected chi connectivity index (χ2v) is 19.2. The Morgan fingerprint density at radius 3 is 2.17 bits per heavy atom. The lowest BCUT2D eigenvalue weighted by atomic mass is 9.81. The minimum Gasteiger partial charge on any atom is -0.462 e. The molecule has 4 rings (SSSR count). The lowest BCUT2D eigenvalue weighted by Gasteiger charge is -2.43. The van der Waals surface area contributed by atoms with Crippen LogP contribution in [0.1, 0.15) is 95.7 Å². The Labute approximate surface area is 246 Å². The molecule has 40 heavy (non-hydrogen) atoms. The summed E-state index contributed by atoms with van der Waals surface area (Å²) in [7, 11) is -1.87. The summed E-state index contributed by atoms with van der Waals surface area (Å²) in [6, 6.07) is 12.2. The van der Waals surface area contributed by atoms with Crippen molar-refractivity contribution in [1.82, 2.24) is 0 Å².